The van der Waals surface area contributed by atoms with Crippen molar-refractivity contribution in [2.75, 3.05) is 13.1 Å². The summed E-state index contributed by atoms with van der Waals surface area (Å²) in [5.74, 6) is -1.88. The van der Waals surface area contributed by atoms with Gasteiger partial charge in [0.2, 0.25) is 11.8 Å². The second-order valence-corrected chi connectivity index (χ2v) is 4.18. The molecule has 3 N–H and O–H groups in total. The average molecular weight is 271 g/mol. The summed E-state index contributed by atoms with van der Waals surface area (Å²) in [6, 6.07) is -1.25. The summed E-state index contributed by atoms with van der Waals surface area (Å²) in [4.78, 5) is 46.0. The van der Waals surface area contributed by atoms with Gasteiger partial charge in [0.25, 0.3) is 0 Å². The summed E-state index contributed by atoms with van der Waals surface area (Å²) < 4.78 is 0. The number of amides is 4. The highest BCUT2D eigenvalue weighted by Gasteiger charge is 2.28. The fourth-order valence-electron chi connectivity index (χ4n) is 1.71. The van der Waals surface area contributed by atoms with Crippen molar-refractivity contribution in [1.29, 1.82) is 0 Å². The first-order chi connectivity index (χ1) is 8.93. The number of carbonyl (C=O) groups is 4. The van der Waals surface area contributed by atoms with Crippen LogP contribution in [0.5, 0.6) is 0 Å². The lowest BCUT2D eigenvalue weighted by Gasteiger charge is -2.26. The maximum Gasteiger partial charge on any atom is 0.318 e. The zero-order valence-electron chi connectivity index (χ0n) is 10.6. The molecular weight excluding hydrogens is 254 g/mol. The second kappa shape index (κ2) is 6.72. The van der Waals surface area contributed by atoms with Gasteiger partial charge in [-0.3, -0.25) is 19.7 Å². The Morgan fingerprint density at radius 2 is 2.16 bits per heavy atom. The quantitative estimate of drug-likeness (QED) is 0.572. The lowest BCUT2D eigenvalue weighted by atomic mass is 10.1. The molecule has 0 bridgehead atoms. The van der Waals surface area contributed by atoms with E-state index in [-0.39, 0.29) is 31.7 Å². The molecule has 0 aromatic heterocycles. The van der Waals surface area contributed by atoms with Crippen molar-refractivity contribution in [1.82, 2.24) is 15.5 Å². The Morgan fingerprint density at radius 3 is 2.68 bits per heavy atom. The summed E-state index contributed by atoms with van der Waals surface area (Å²) in [6.45, 7) is 2.13. The van der Waals surface area contributed by atoms with E-state index in [1.807, 2.05) is 0 Å². The molecule has 4 amide bonds. The summed E-state index contributed by atoms with van der Waals surface area (Å²) in [5.41, 5.74) is 0. The number of carboxylic acid groups (broad SMARTS) is 1. The number of hydrogen-bond donors (Lipinski definition) is 3. The van der Waals surface area contributed by atoms with Crippen molar-refractivity contribution >= 4 is 23.8 Å². The van der Waals surface area contributed by atoms with Crippen LogP contribution in [0.25, 0.3) is 0 Å². The van der Waals surface area contributed by atoms with Gasteiger partial charge in [-0.25, -0.2) is 4.79 Å². The molecule has 1 aliphatic rings. The van der Waals surface area contributed by atoms with E-state index >= 15 is 0 Å². The molecule has 8 nitrogen and oxygen atoms in total. The fraction of sp³-hybridized carbons (Fsp3) is 0.636. The Labute approximate surface area is 110 Å². The maximum atomic E-state index is 11.8. The van der Waals surface area contributed by atoms with Crippen molar-refractivity contribution in [3.05, 3.63) is 0 Å². The molecule has 1 unspecified atom stereocenters. The van der Waals surface area contributed by atoms with E-state index in [1.165, 1.54) is 4.90 Å². The number of carboxylic acids is 1. The van der Waals surface area contributed by atoms with Gasteiger partial charge in [0, 0.05) is 19.5 Å². The van der Waals surface area contributed by atoms with Gasteiger partial charge in [0.05, 0.1) is 6.42 Å². The third-order valence-corrected chi connectivity index (χ3v) is 2.80. The molecule has 0 aliphatic carbocycles. The number of aliphatic carboxylic acids is 1. The molecule has 1 heterocycles. The smallest absolute Gasteiger partial charge is 0.318 e. The Bertz CT molecular complexity index is 396. The van der Waals surface area contributed by atoms with E-state index in [9.17, 15) is 19.2 Å². The number of urea groups is 1. The number of piperidine rings is 1. The van der Waals surface area contributed by atoms with E-state index in [1.54, 1.807) is 6.92 Å². The third-order valence-electron chi connectivity index (χ3n) is 2.80. The number of nitrogens with zero attached hydrogens (tertiary/aromatic N) is 1. The monoisotopic (exact) mass is 271 g/mol. The van der Waals surface area contributed by atoms with Crippen LogP contribution in [-0.2, 0) is 14.4 Å². The topological polar surface area (TPSA) is 116 Å². The van der Waals surface area contributed by atoms with Crippen LogP contribution in [0, 0.1) is 0 Å². The van der Waals surface area contributed by atoms with Crippen molar-refractivity contribution in [2.24, 2.45) is 0 Å². The van der Waals surface area contributed by atoms with E-state index in [0.29, 0.717) is 6.54 Å². The highest BCUT2D eigenvalue weighted by atomic mass is 16.4. The van der Waals surface area contributed by atoms with Crippen LogP contribution in [-0.4, -0.2) is 53.0 Å². The second-order valence-electron chi connectivity index (χ2n) is 4.18. The molecule has 8 heteroatoms. The first-order valence-electron chi connectivity index (χ1n) is 6.05. The minimum atomic E-state index is -0.993. The van der Waals surface area contributed by atoms with Crippen LogP contribution in [0.1, 0.15) is 26.2 Å². The average Bonchev–Trinajstić information content (AvgIpc) is 2.33. The van der Waals surface area contributed by atoms with Crippen LogP contribution in [0.15, 0.2) is 0 Å². The third kappa shape index (κ3) is 4.57. The van der Waals surface area contributed by atoms with Crippen LogP contribution in [0.3, 0.4) is 0 Å². The van der Waals surface area contributed by atoms with Gasteiger partial charge in [-0.2, -0.15) is 0 Å². The lowest BCUT2D eigenvalue weighted by Crippen LogP contribution is -2.55. The molecule has 19 heavy (non-hydrogen) atoms. The van der Waals surface area contributed by atoms with Crippen LogP contribution in [0.2, 0.25) is 0 Å². The molecule has 106 valence electrons. The van der Waals surface area contributed by atoms with Crippen molar-refractivity contribution < 1.29 is 24.3 Å². The van der Waals surface area contributed by atoms with Gasteiger partial charge in [-0.15, -0.1) is 0 Å². The highest BCUT2D eigenvalue weighted by molar-refractivity contribution is 6.01. The van der Waals surface area contributed by atoms with Gasteiger partial charge in [-0.1, -0.05) is 0 Å². The number of imide groups is 1. The molecule has 0 radical (unpaired) electrons. The summed E-state index contributed by atoms with van der Waals surface area (Å²) in [5, 5.41) is 13.2. The van der Waals surface area contributed by atoms with Gasteiger partial charge < -0.3 is 15.3 Å². The molecule has 1 rings (SSSR count). The Kier molecular flexibility index (Phi) is 5.28. The normalized spacial score (nSPS) is 18.7. The molecule has 1 aliphatic heterocycles. The van der Waals surface area contributed by atoms with Crippen molar-refractivity contribution in [3.63, 3.8) is 0 Å². The van der Waals surface area contributed by atoms with Crippen molar-refractivity contribution in [3.8, 4) is 0 Å². The lowest BCUT2D eigenvalue weighted by molar-refractivity contribution is -0.137. The number of rotatable bonds is 5. The van der Waals surface area contributed by atoms with Gasteiger partial charge in [0.15, 0.2) is 0 Å². The number of hydrogen-bond acceptors (Lipinski definition) is 4. The van der Waals surface area contributed by atoms with Gasteiger partial charge in [0.1, 0.15) is 6.04 Å². The molecule has 0 aromatic carbocycles. The van der Waals surface area contributed by atoms with Gasteiger partial charge >= 0.3 is 12.0 Å². The first-order valence-corrected chi connectivity index (χ1v) is 6.05. The first kappa shape index (κ1) is 14.9. The molecule has 1 fully saturated rings. The number of nitrogens with one attached hydrogen (secondary N) is 2. The zero-order valence-corrected chi connectivity index (χ0v) is 10.6. The summed E-state index contributed by atoms with van der Waals surface area (Å²) in [7, 11) is 0. The predicted octanol–water partition coefficient (Wildman–Crippen LogP) is -0.702. The van der Waals surface area contributed by atoms with Crippen molar-refractivity contribution in [2.45, 2.75) is 32.2 Å². The largest absolute Gasteiger partial charge is 0.481 e. The van der Waals surface area contributed by atoms with E-state index in [0.717, 1.165) is 0 Å². The zero-order chi connectivity index (χ0) is 14.4. The van der Waals surface area contributed by atoms with Crippen LogP contribution < -0.4 is 10.6 Å². The molecular formula is C11H17N3O5. The predicted molar refractivity (Wildman–Crippen MR) is 64.2 cm³/mol. The standard InChI is InChI=1S/C11H17N3O5/c1-2-14(6-5-9(16)17)11(19)12-7-3-4-8(15)13-10(7)18/h7H,2-6H2,1H3,(H,12,19)(H,16,17)(H,13,15,18). The molecule has 1 saturated heterocycles. The molecule has 0 spiro atoms. The molecule has 0 saturated carbocycles. The van der Waals surface area contributed by atoms with Gasteiger partial charge in [-0.05, 0) is 13.3 Å². The van der Waals surface area contributed by atoms with E-state index in [2.05, 4.69) is 10.6 Å². The summed E-state index contributed by atoms with van der Waals surface area (Å²) in [6.07, 6.45) is 0.279. The Morgan fingerprint density at radius 1 is 1.47 bits per heavy atom. The molecule has 1 atom stereocenters. The Balaban J connectivity index is 2.49. The van der Waals surface area contributed by atoms with E-state index < -0.39 is 23.9 Å². The SMILES string of the molecule is CCN(CCC(=O)O)C(=O)NC1CCC(=O)NC1=O. The summed E-state index contributed by atoms with van der Waals surface area (Å²) >= 11 is 0. The van der Waals surface area contributed by atoms with Crippen LogP contribution in [0.4, 0.5) is 4.79 Å². The fourth-order valence-corrected chi connectivity index (χ4v) is 1.71. The minimum Gasteiger partial charge on any atom is -0.481 e. The Hall–Kier alpha value is -2.12. The minimum absolute atomic E-state index is 0.0743. The molecule has 0 aromatic rings. The van der Waals surface area contributed by atoms with Crippen LogP contribution >= 0.6 is 0 Å². The van der Waals surface area contributed by atoms with E-state index in [4.69, 9.17) is 5.11 Å². The highest BCUT2D eigenvalue weighted by Crippen LogP contribution is 2.05. The number of carbonyl (C=O) groups excluding carboxylic acids is 3. The maximum absolute atomic E-state index is 11.8.